The molecular formula is C20H21N3O3. The highest BCUT2D eigenvalue weighted by Crippen LogP contribution is 2.16. The van der Waals surface area contributed by atoms with Gasteiger partial charge in [0.15, 0.2) is 6.61 Å². The van der Waals surface area contributed by atoms with Gasteiger partial charge in [0.05, 0.1) is 5.56 Å². The number of ether oxygens (including phenoxy) is 1. The van der Waals surface area contributed by atoms with Crippen LogP contribution in [0.15, 0.2) is 48.5 Å². The normalized spacial score (nSPS) is 9.85. The first-order chi connectivity index (χ1) is 12.6. The summed E-state index contributed by atoms with van der Waals surface area (Å²) in [6.07, 6.45) is 3.21. The molecule has 2 rings (SSSR count). The second-order valence-corrected chi connectivity index (χ2v) is 5.70. The summed E-state index contributed by atoms with van der Waals surface area (Å²) in [6.45, 7) is 1.82. The Labute approximate surface area is 152 Å². The quantitative estimate of drug-likeness (QED) is 0.750. The van der Waals surface area contributed by atoms with Crippen LogP contribution in [0.25, 0.3) is 0 Å². The number of hydrazine groups is 1. The van der Waals surface area contributed by atoms with Crippen molar-refractivity contribution in [3.8, 4) is 11.8 Å². The number of amides is 2. The molecule has 26 heavy (non-hydrogen) atoms. The van der Waals surface area contributed by atoms with Crippen LogP contribution in [0.4, 0.5) is 0 Å². The molecule has 6 nitrogen and oxygen atoms in total. The third-order valence-electron chi connectivity index (χ3n) is 3.72. The Hall–Kier alpha value is -3.33. The van der Waals surface area contributed by atoms with Gasteiger partial charge in [-0.15, -0.1) is 0 Å². The smallest absolute Gasteiger partial charge is 0.276 e. The van der Waals surface area contributed by atoms with Crippen molar-refractivity contribution >= 4 is 11.8 Å². The summed E-state index contributed by atoms with van der Waals surface area (Å²) in [7, 11) is 0. The number of rotatable bonds is 7. The molecule has 0 aliphatic carbocycles. The molecule has 2 aromatic carbocycles. The minimum atomic E-state index is -0.523. The van der Waals surface area contributed by atoms with Crippen LogP contribution in [0, 0.1) is 11.3 Å². The predicted molar refractivity (Wildman–Crippen MR) is 97.3 cm³/mol. The number of carbonyl (C=O) groups is 2. The molecule has 0 spiro atoms. The predicted octanol–water partition coefficient (Wildman–Crippen LogP) is 2.74. The summed E-state index contributed by atoms with van der Waals surface area (Å²) in [4.78, 5) is 23.8. The maximum absolute atomic E-state index is 12.0. The topological polar surface area (TPSA) is 91.2 Å². The van der Waals surface area contributed by atoms with E-state index in [2.05, 4.69) is 17.8 Å². The summed E-state index contributed by atoms with van der Waals surface area (Å²) in [5.41, 5.74) is 6.61. The Morgan fingerprint density at radius 1 is 1.08 bits per heavy atom. The van der Waals surface area contributed by atoms with E-state index in [9.17, 15) is 9.59 Å². The Bertz CT molecular complexity index is 795. The molecule has 0 fully saturated rings. The molecule has 0 saturated carbocycles. The largest absolute Gasteiger partial charge is 0.482 e. The second-order valence-electron chi connectivity index (χ2n) is 5.70. The lowest BCUT2D eigenvalue weighted by Gasteiger charge is -2.10. The Morgan fingerprint density at radius 3 is 2.50 bits per heavy atom. The highest BCUT2D eigenvalue weighted by Gasteiger charge is 2.09. The van der Waals surface area contributed by atoms with Gasteiger partial charge in [0.25, 0.3) is 11.8 Å². The molecule has 6 heteroatoms. The summed E-state index contributed by atoms with van der Waals surface area (Å²) >= 11 is 0. The maximum atomic E-state index is 12.0. The zero-order chi connectivity index (χ0) is 18.8. The van der Waals surface area contributed by atoms with Gasteiger partial charge < -0.3 is 4.74 Å². The van der Waals surface area contributed by atoms with Gasteiger partial charge in [0.1, 0.15) is 11.8 Å². The molecule has 0 aliphatic heterocycles. The van der Waals surface area contributed by atoms with Crippen LogP contribution in [0.3, 0.4) is 0 Å². The number of para-hydroxylation sites is 1. The fourth-order valence-electron chi connectivity index (χ4n) is 2.27. The van der Waals surface area contributed by atoms with Gasteiger partial charge in [-0.2, -0.15) is 5.26 Å². The second kappa shape index (κ2) is 9.84. The van der Waals surface area contributed by atoms with Crippen LogP contribution >= 0.6 is 0 Å². The number of benzene rings is 2. The lowest BCUT2D eigenvalue weighted by Crippen LogP contribution is -2.43. The van der Waals surface area contributed by atoms with Crippen LogP contribution in [0.1, 0.15) is 41.3 Å². The average molecular weight is 351 g/mol. The highest BCUT2D eigenvalue weighted by molar-refractivity contribution is 5.95. The fourth-order valence-corrected chi connectivity index (χ4v) is 2.27. The minimum Gasteiger partial charge on any atom is -0.482 e. The number of hydrogen-bond acceptors (Lipinski definition) is 4. The minimum absolute atomic E-state index is 0.311. The third kappa shape index (κ3) is 5.64. The Kier molecular flexibility index (Phi) is 7.19. The number of nitriles is 1. The summed E-state index contributed by atoms with van der Waals surface area (Å²) in [6, 6.07) is 15.9. The van der Waals surface area contributed by atoms with E-state index in [0.717, 1.165) is 19.3 Å². The van der Waals surface area contributed by atoms with Crippen LogP contribution < -0.4 is 15.6 Å². The van der Waals surface area contributed by atoms with E-state index in [1.54, 1.807) is 36.4 Å². The molecule has 0 aliphatic rings. The van der Waals surface area contributed by atoms with Crippen molar-refractivity contribution in [3.63, 3.8) is 0 Å². The zero-order valence-corrected chi connectivity index (χ0v) is 14.6. The molecule has 2 aromatic rings. The monoisotopic (exact) mass is 351 g/mol. The number of nitrogens with one attached hydrogen (secondary N) is 2. The Balaban J connectivity index is 1.79. The average Bonchev–Trinajstić information content (AvgIpc) is 2.69. The van der Waals surface area contributed by atoms with Crippen molar-refractivity contribution in [2.45, 2.75) is 26.2 Å². The van der Waals surface area contributed by atoms with Gasteiger partial charge in [-0.3, -0.25) is 20.4 Å². The lowest BCUT2D eigenvalue weighted by molar-refractivity contribution is -0.123. The molecule has 134 valence electrons. The summed E-state index contributed by atoms with van der Waals surface area (Å²) in [5.74, 6) is -0.609. The SMILES string of the molecule is CCCCc1ccc(C(=O)NNC(=O)COc2ccccc2C#N)cc1. The first-order valence-electron chi connectivity index (χ1n) is 8.44. The van der Waals surface area contributed by atoms with E-state index in [-0.39, 0.29) is 6.61 Å². The van der Waals surface area contributed by atoms with Crippen LogP contribution in [-0.2, 0) is 11.2 Å². The number of nitrogens with zero attached hydrogens (tertiary/aromatic N) is 1. The van der Waals surface area contributed by atoms with E-state index >= 15 is 0 Å². The molecule has 0 heterocycles. The van der Waals surface area contributed by atoms with Crippen molar-refractivity contribution in [2.24, 2.45) is 0 Å². The summed E-state index contributed by atoms with van der Waals surface area (Å²) < 4.78 is 5.30. The fraction of sp³-hybridized carbons (Fsp3) is 0.250. The Morgan fingerprint density at radius 2 is 1.81 bits per heavy atom. The first kappa shape index (κ1) is 19.0. The maximum Gasteiger partial charge on any atom is 0.276 e. The number of carbonyl (C=O) groups excluding carboxylic acids is 2. The van der Waals surface area contributed by atoms with E-state index in [1.165, 1.54) is 5.56 Å². The summed E-state index contributed by atoms with van der Waals surface area (Å²) in [5, 5.41) is 8.97. The van der Waals surface area contributed by atoms with Gasteiger partial charge in [0, 0.05) is 5.56 Å². The third-order valence-corrected chi connectivity index (χ3v) is 3.72. The van der Waals surface area contributed by atoms with Crippen molar-refractivity contribution in [1.29, 1.82) is 5.26 Å². The van der Waals surface area contributed by atoms with Crippen LogP contribution in [0.5, 0.6) is 5.75 Å². The van der Waals surface area contributed by atoms with E-state index in [0.29, 0.717) is 16.9 Å². The molecule has 0 bridgehead atoms. The lowest BCUT2D eigenvalue weighted by atomic mass is 10.1. The van der Waals surface area contributed by atoms with Gasteiger partial charge in [0.2, 0.25) is 0 Å². The number of unbranched alkanes of at least 4 members (excludes halogenated alkanes) is 1. The van der Waals surface area contributed by atoms with Crippen LogP contribution in [-0.4, -0.2) is 18.4 Å². The van der Waals surface area contributed by atoms with Gasteiger partial charge in [-0.25, -0.2) is 0 Å². The molecule has 2 amide bonds. The van der Waals surface area contributed by atoms with Gasteiger partial charge >= 0.3 is 0 Å². The molecule has 0 atom stereocenters. The van der Waals surface area contributed by atoms with E-state index in [1.807, 2.05) is 18.2 Å². The first-order valence-corrected chi connectivity index (χ1v) is 8.44. The number of hydrogen-bond donors (Lipinski definition) is 2. The molecular weight excluding hydrogens is 330 g/mol. The molecule has 0 unspecified atom stereocenters. The number of aryl methyl sites for hydroxylation is 1. The zero-order valence-electron chi connectivity index (χ0n) is 14.6. The van der Waals surface area contributed by atoms with E-state index in [4.69, 9.17) is 10.00 Å². The van der Waals surface area contributed by atoms with Crippen molar-refractivity contribution in [1.82, 2.24) is 10.9 Å². The van der Waals surface area contributed by atoms with Gasteiger partial charge in [-0.05, 0) is 42.7 Å². The standard InChI is InChI=1S/C20H21N3O3/c1-2-3-6-15-9-11-16(12-10-15)20(25)23-22-19(24)14-26-18-8-5-4-7-17(18)13-21/h4-5,7-12H,2-3,6,14H2,1H3,(H,22,24)(H,23,25). The molecule has 0 aromatic heterocycles. The van der Waals surface area contributed by atoms with Gasteiger partial charge in [-0.1, -0.05) is 37.6 Å². The highest BCUT2D eigenvalue weighted by atomic mass is 16.5. The molecule has 2 N–H and O–H groups in total. The van der Waals surface area contributed by atoms with Crippen LogP contribution in [0.2, 0.25) is 0 Å². The van der Waals surface area contributed by atoms with Crippen molar-refractivity contribution < 1.29 is 14.3 Å². The molecule has 0 saturated heterocycles. The van der Waals surface area contributed by atoms with E-state index < -0.39 is 11.8 Å². The van der Waals surface area contributed by atoms with Crippen molar-refractivity contribution in [2.75, 3.05) is 6.61 Å². The molecule has 0 radical (unpaired) electrons. The van der Waals surface area contributed by atoms with Crippen molar-refractivity contribution in [3.05, 3.63) is 65.2 Å².